The van der Waals surface area contributed by atoms with Crippen LogP contribution in [0.3, 0.4) is 0 Å². The summed E-state index contributed by atoms with van der Waals surface area (Å²) in [5.41, 5.74) is 35.9. The van der Waals surface area contributed by atoms with Gasteiger partial charge in [0.25, 0.3) is 0 Å². The third-order valence-corrected chi connectivity index (χ3v) is 21.6. The average Bonchev–Trinajstić information content (AvgIpc) is 0.770. The number of rotatable bonds is 17. The van der Waals surface area contributed by atoms with Gasteiger partial charge in [-0.05, 0) is 212 Å². The molecule has 0 saturated carbocycles. The van der Waals surface area contributed by atoms with E-state index in [2.05, 4.69) is 275 Å². The van der Waals surface area contributed by atoms with Crippen LogP contribution in [0, 0.1) is 55.6 Å². The molecule has 0 aliphatic rings. The minimum Gasteiger partial charge on any atom is -0.304 e. The number of pyridine rings is 4. The van der Waals surface area contributed by atoms with E-state index in [4.69, 9.17) is 19.9 Å². The number of aryl methyl sites for hydroxylation is 2. The molecular formula is C112H73F3Ir2N4-4. The molecule has 19 rings (SSSR count). The predicted octanol–water partition coefficient (Wildman–Crippen LogP) is 29.5. The second kappa shape index (κ2) is 36.9. The van der Waals surface area contributed by atoms with E-state index in [-0.39, 0.29) is 57.7 Å². The molecule has 4 nitrogen and oxygen atoms in total. The molecule has 0 unspecified atom stereocenters. The van der Waals surface area contributed by atoms with Crippen molar-refractivity contribution in [2.45, 2.75) is 13.8 Å². The van der Waals surface area contributed by atoms with Crippen molar-refractivity contribution >= 4 is 0 Å². The maximum atomic E-state index is 15.4. The predicted molar refractivity (Wildman–Crippen MR) is 481 cm³/mol. The minimum atomic E-state index is -0.333. The molecule has 584 valence electrons. The van der Waals surface area contributed by atoms with E-state index in [9.17, 15) is 8.78 Å². The zero-order valence-corrected chi connectivity index (χ0v) is 70.6. The molecule has 0 aliphatic heterocycles. The molecule has 4 heterocycles. The first-order valence-electron chi connectivity index (χ1n) is 39.5. The van der Waals surface area contributed by atoms with Crippen LogP contribution < -0.4 is 0 Å². The van der Waals surface area contributed by atoms with E-state index in [1.54, 1.807) is 18.2 Å². The van der Waals surface area contributed by atoms with Gasteiger partial charge in [-0.2, -0.15) is 0 Å². The van der Waals surface area contributed by atoms with Crippen LogP contribution in [-0.2, 0) is 40.2 Å². The fourth-order valence-corrected chi connectivity index (χ4v) is 15.7. The van der Waals surface area contributed by atoms with Gasteiger partial charge in [0.1, 0.15) is 5.82 Å². The first kappa shape index (κ1) is 80.8. The largest absolute Gasteiger partial charge is 0.304 e. The first-order chi connectivity index (χ1) is 58.5. The molecule has 0 saturated heterocycles. The topological polar surface area (TPSA) is 51.6 Å². The van der Waals surface area contributed by atoms with Crippen molar-refractivity contribution in [3.8, 4) is 190 Å². The maximum Gasteiger partial charge on any atom is 0.123 e. The normalized spacial score (nSPS) is 10.9. The molecule has 15 aromatic carbocycles. The standard InChI is InChI=1S/C59H39FN2.C53H34F2N2.2Ir/c1-40-33-49(53-20-9-8-19-52(53)48-29-32-58(61-38-48)45-27-30-51(60)31-28-45)36-50(34-40)54-21-10-11-22-55(54)57-39-62-59(44-15-6-3-7-16-44)37-56(57)43-25-23-42(24-26-43)47-18-12-17-46(35-47)41-13-4-2-5-14-41;1-35-28-42(47-15-9-8-14-46(47)41-22-27-52(56-33-41)40-20-23-44(54)24-21-40)30-43(29-35)48-26-25-45(55)31-50(48)51-34-57-53(39-12-6-3-7-13-39)32-49(51)38-18-16-37(17-19-38)36-10-4-2-5-11-36;;/h2-15,17-27,29-39H,1H3;2-12,14-20,22-34H,1H3;;/q2*-2;;. The number of halogens is 3. The molecule has 9 heteroatoms. The molecule has 0 spiro atoms. The Hall–Kier alpha value is -14.0. The fourth-order valence-electron chi connectivity index (χ4n) is 15.7. The molecule has 121 heavy (non-hydrogen) atoms. The second-order valence-corrected chi connectivity index (χ2v) is 29.5. The first-order valence-corrected chi connectivity index (χ1v) is 39.5. The Morgan fingerprint density at radius 3 is 0.926 bits per heavy atom. The van der Waals surface area contributed by atoms with Crippen LogP contribution in [0.4, 0.5) is 13.2 Å². The molecule has 0 aliphatic carbocycles. The van der Waals surface area contributed by atoms with E-state index in [0.29, 0.717) is 5.69 Å². The van der Waals surface area contributed by atoms with Crippen molar-refractivity contribution in [2.24, 2.45) is 0 Å². The summed E-state index contributed by atoms with van der Waals surface area (Å²) in [6.07, 6.45) is 7.62. The second-order valence-electron chi connectivity index (χ2n) is 29.5. The van der Waals surface area contributed by atoms with Crippen molar-refractivity contribution in [1.82, 2.24) is 19.9 Å². The third-order valence-electron chi connectivity index (χ3n) is 21.6. The van der Waals surface area contributed by atoms with Gasteiger partial charge in [0.2, 0.25) is 0 Å². The zero-order chi connectivity index (χ0) is 80.5. The molecule has 4 aromatic heterocycles. The smallest absolute Gasteiger partial charge is 0.123 e. The van der Waals surface area contributed by atoms with Crippen LogP contribution in [0.15, 0.2) is 407 Å². The number of benzene rings is 15. The van der Waals surface area contributed by atoms with Crippen molar-refractivity contribution < 1.29 is 53.4 Å². The summed E-state index contributed by atoms with van der Waals surface area (Å²) < 4.78 is 42.6. The maximum absolute atomic E-state index is 15.4. The number of hydrogen-bond acceptors (Lipinski definition) is 4. The van der Waals surface area contributed by atoms with Crippen molar-refractivity contribution in [1.29, 1.82) is 0 Å². The van der Waals surface area contributed by atoms with E-state index in [1.807, 2.05) is 122 Å². The summed E-state index contributed by atoms with van der Waals surface area (Å²) in [7, 11) is 0. The Balaban J connectivity index is 0.000000178. The summed E-state index contributed by atoms with van der Waals surface area (Å²) >= 11 is 0. The molecule has 0 N–H and O–H groups in total. The molecule has 19 aromatic rings. The van der Waals surface area contributed by atoms with Crippen LogP contribution in [0.2, 0.25) is 0 Å². The van der Waals surface area contributed by atoms with Gasteiger partial charge in [-0.3, -0.25) is 8.78 Å². The van der Waals surface area contributed by atoms with Gasteiger partial charge in [-0.25, -0.2) is 4.39 Å². The van der Waals surface area contributed by atoms with Crippen LogP contribution in [-0.4, -0.2) is 19.9 Å². The summed E-state index contributed by atoms with van der Waals surface area (Å²) in [6, 6.07) is 140. The van der Waals surface area contributed by atoms with Gasteiger partial charge in [0, 0.05) is 87.8 Å². The zero-order valence-electron chi connectivity index (χ0n) is 65.8. The minimum absolute atomic E-state index is 0. The van der Waals surface area contributed by atoms with Gasteiger partial charge in [-0.15, -0.1) is 131 Å². The van der Waals surface area contributed by atoms with Gasteiger partial charge >= 0.3 is 0 Å². The van der Waals surface area contributed by atoms with Crippen LogP contribution in [0.25, 0.3) is 190 Å². The quantitative estimate of drug-likeness (QED) is 0.0853. The third kappa shape index (κ3) is 18.0. The fraction of sp³-hybridized carbons (Fsp3) is 0.0179. The van der Waals surface area contributed by atoms with Crippen molar-refractivity contribution in [2.75, 3.05) is 0 Å². The van der Waals surface area contributed by atoms with Crippen molar-refractivity contribution in [3.63, 3.8) is 0 Å². The molecule has 0 atom stereocenters. The van der Waals surface area contributed by atoms with Crippen LogP contribution >= 0.6 is 0 Å². The van der Waals surface area contributed by atoms with Gasteiger partial charge < -0.3 is 19.9 Å². The number of hydrogen-bond donors (Lipinski definition) is 0. The van der Waals surface area contributed by atoms with Crippen molar-refractivity contribution in [3.05, 3.63) is 460 Å². The SMILES string of the molecule is Cc1cc(-c2ccccc2-c2ccc(-c3[c-]cc(F)cc3)nc2)cc(-c2ccc(F)cc2-c2cnc(-c3[c-]cccc3)cc2-c2ccc(-c3ccccc3)cc2)c1.Cc1cc(-c2ccccc2-c2ccc(-c3[c-]cc(F)cc3)nc2)cc(-c2ccccc2-c2cnc(-c3[c-]cccc3)cc2-c2ccc(-c3cccc(-c4ccccc4)c3)cc2)c1.[Ir].[Ir]. The summed E-state index contributed by atoms with van der Waals surface area (Å²) in [5.74, 6) is -0.976. The molecule has 0 amide bonds. The monoisotopic (exact) mass is 1920 g/mol. The van der Waals surface area contributed by atoms with E-state index in [0.717, 1.165) is 178 Å². The average molecular weight is 1920 g/mol. The Morgan fingerprint density at radius 1 is 0.190 bits per heavy atom. The van der Waals surface area contributed by atoms with E-state index in [1.165, 1.54) is 47.0 Å². The van der Waals surface area contributed by atoms with Gasteiger partial charge in [0.15, 0.2) is 0 Å². The Kier molecular flexibility index (Phi) is 24.6. The van der Waals surface area contributed by atoms with E-state index < -0.39 is 0 Å². The molecular weight excluding hydrogens is 1840 g/mol. The summed E-state index contributed by atoms with van der Waals surface area (Å²) in [6.45, 7) is 4.24. The molecule has 0 bridgehead atoms. The van der Waals surface area contributed by atoms with E-state index >= 15 is 4.39 Å². The molecule has 0 fully saturated rings. The molecule has 2 radical (unpaired) electrons. The number of nitrogens with zero attached hydrogens (tertiary/aromatic N) is 4. The summed E-state index contributed by atoms with van der Waals surface area (Å²) in [5, 5.41) is 0. The van der Waals surface area contributed by atoms with Gasteiger partial charge in [0.05, 0.1) is 0 Å². The summed E-state index contributed by atoms with van der Waals surface area (Å²) in [4.78, 5) is 19.4. The van der Waals surface area contributed by atoms with Crippen LogP contribution in [0.1, 0.15) is 11.1 Å². The van der Waals surface area contributed by atoms with Crippen LogP contribution in [0.5, 0.6) is 0 Å². The number of aromatic nitrogens is 4. The Bertz CT molecular complexity index is 6840. The Morgan fingerprint density at radius 2 is 0.512 bits per heavy atom. The Labute approximate surface area is 731 Å². The van der Waals surface area contributed by atoms with Gasteiger partial charge in [-0.1, -0.05) is 267 Å².